The lowest BCUT2D eigenvalue weighted by Crippen LogP contribution is -2.26. The summed E-state index contributed by atoms with van der Waals surface area (Å²) in [5.74, 6) is 1.02. The van der Waals surface area contributed by atoms with Gasteiger partial charge >= 0.3 is 0 Å². The van der Waals surface area contributed by atoms with E-state index in [4.69, 9.17) is 9.47 Å². The van der Waals surface area contributed by atoms with Gasteiger partial charge in [-0.25, -0.2) is 4.39 Å². The Morgan fingerprint density at radius 3 is 2.41 bits per heavy atom. The second kappa shape index (κ2) is 13.3. The molecule has 4 aromatic carbocycles. The summed E-state index contributed by atoms with van der Waals surface area (Å²) < 4.78 is 40.0. The summed E-state index contributed by atoms with van der Waals surface area (Å²) in [7, 11) is 0. The zero-order valence-electron chi connectivity index (χ0n) is 24.9. The summed E-state index contributed by atoms with van der Waals surface area (Å²) in [6, 6.07) is 26.6. The Bertz CT molecular complexity index is 1740. The highest BCUT2D eigenvalue weighted by Crippen LogP contribution is 2.42. The van der Waals surface area contributed by atoms with Crippen LogP contribution >= 0.6 is 11.3 Å². The van der Waals surface area contributed by atoms with Crippen molar-refractivity contribution in [2.75, 3.05) is 26.3 Å². The largest absolute Gasteiger partial charge is 0.489 e. The van der Waals surface area contributed by atoms with E-state index in [2.05, 4.69) is 4.90 Å². The van der Waals surface area contributed by atoms with E-state index >= 15 is 0 Å². The summed E-state index contributed by atoms with van der Waals surface area (Å²) in [5, 5.41) is 0.954. The maximum atomic E-state index is 14.2. The number of likely N-dealkylation sites (tertiary alicyclic amines) is 1. The molecule has 44 heavy (non-hydrogen) atoms. The van der Waals surface area contributed by atoms with Gasteiger partial charge in [-0.3, -0.25) is 14.1 Å². The van der Waals surface area contributed by atoms with Crippen molar-refractivity contribution < 1.29 is 23.0 Å². The van der Waals surface area contributed by atoms with Crippen LogP contribution in [0.4, 0.5) is 8.78 Å². The van der Waals surface area contributed by atoms with Gasteiger partial charge in [0.15, 0.2) is 0 Å². The van der Waals surface area contributed by atoms with Crippen LogP contribution in [0.25, 0.3) is 21.2 Å². The van der Waals surface area contributed by atoms with Gasteiger partial charge in [-0.05, 0) is 91.4 Å². The van der Waals surface area contributed by atoms with Gasteiger partial charge in [0.2, 0.25) is 5.78 Å². The molecular formula is C37H35F2NO3S. The lowest BCUT2D eigenvalue weighted by molar-refractivity contribution is 0.104. The maximum Gasteiger partial charge on any atom is 0.204 e. The van der Waals surface area contributed by atoms with Gasteiger partial charge in [0.1, 0.15) is 30.0 Å². The first kappa shape index (κ1) is 30.0. The minimum atomic E-state index is -0.350. The Hall–Kier alpha value is -4.07. The summed E-state index contributed by atoms with van der Waals surface area (Å²) in [6.45, 7) is 6.16. The minimum Gasteiger partial charge on any atom is -0.489 e. The second-order valence-corrected chi connectivity index (χ2v) is 12.4. The van der Waals surface area contributed by atoms with Crippen molar-refractivity contribution >= 4 is 27.2 Å². The zero-order valence-corrected chi connectivity index (χ0v) is 25.8. The van der Waals surface area contributed by atoms with Crippen molar-refractivity contribution in [3.05, 3.63) is 118 Å². The predicted octanol–water partition coefficient (Wildman–Crippen LogP) is 8.95. The Labute approximate surface area is 260 Å². The summed E-state index contributed by atoms with van der Waals surface area (Å²) in [6.07, 6.45) is 1.53. The van der Waals surface area contributed by atoms with E-state index in [1.807, 2.05) is 72.8 Å². The normalized spacial score (nSPS) is 15.1. The molecule has 0 saturated carbocycles. The average Bonchev–Trinajstić information content (AvgIpc) is 3.63. The molecule has 2 heterocycles. The van der Waals surface area contributed by atoms with Gasteiger partial charge in [-0.15, -0.1) is 11.3 Å². The Kier molecular flexibility index (Phi) is 9.05. The smallest absolute Gasteiger partial charge is 0.204 e. The lowest BCUT2D eigenvalue weighted by atomic mass is 9.94. The second-order valence-electron chi connectivity index (χ2n) is 11.4. The number of ketones is 1. The van der Waals surface area contributed by atoms with E-state index in [1.54, 1.807) is 13.8 Å². The van der Waals surface area contributed by atoms with Crippen LogP contribution in [0.3, 0.4) is 0 Å². The molecule has 1 aliphatic heterocycles. The number of hydrogen-bond acceptors (Lipinski definition) is 5. The molecule has 1 fully saturated rings. The molecule has 1 saturated heterocycles. The van der Waals surface area contributed by atoms with Gasteiger partial charge in [-0.2, -0.15) is 0 Å². The molecule has 0 N–H and O–H groups in total. The summed E-state index contributed by atoms with van der Waals surface area (Å²) in [4.78, 5) is 17.0. The Morgan fingerprint density at radius 2 is 1.68 bits per heavy atom. The minimum absolute atomic E-state index is 0.0679. The first-order valence-electron chi connectivity index (χ1n) is 15.0. The fourth-order valence-electron chi connectivity index (χ4n) is 6.01. The van der Waals surface area contributed by atoms with Gasteiger partial charge in [0.05, 0.1) is 11.6 Å². The summed E-state index contributed by atoms with van der Waals surface area (Å²) in [5.41, 5.74) is 4.58. The van der Waals surface area contributed by atoms with Crippen LogP contribution in [0.1, 0.15) is 44.8 Å². The number of hydrogen-bond donors (Lipinski definition) is 0. The van der Waals surface area contributed by atoms with Crippen molar-refractivity contribution in [1.82, 2.24) is 4.90 Å². The molecule has 1 atom stereocenters. The number of carbonyl (C=O) groups excluding carboxylic acids is 1. The van der Waals surface area contributed by atoms with E-state index in [1.165, 1.54) is 23.5 Å². The number of thiophene rings is 1. The molecule has 0 bridgehead atoms. The van der Waals surface area contributed by atoms with Crippen molar-refractivity contribution in [1.29, 1.82) is 0 Å². The van der Waals surface area contributed by atoms with Crippen LogP contribution in [0.2, 0.25) is 0 Å². The highest BCUT2D eigenvalue weighted by atomic mass is 32.1. The lowest BCUT2D eigenvalue weighted by Gasteiger charge is -2.16. The van der Waals surface area contributed by atoms with Crippen molar-refractivity contribution in [2.45, 2.75) is 39.4 Å². The van der Waals surface area contributed by atoms with Crippen LogP contribution < -0.4 is 9.47 Å². The molecule has 5 aromatic rings. The predicted molar refractivity (Wildman–Crippen MR) is 173 cm³/mol. The molecule has 0 aliphatic carbocycles. The molecule has 6 rings (SSSR count). The first-order chi connectivity index (χ1) is 21.4. The molecular weight excluding hydrogens is 576 g/mol. The number of benzene rings is 4. The van der Waals surface area contributed by atoms with Crippen LogP contribution in [-0.4, -0.2) is 43.1 Å². The Morgan fingerprint density at radius 1 is 0.955 bits per heavy atom. The quantitative estimate of drug-likeness (QED) is 0.140. The van der Waals surface area contributed by atoms with E-state index < -0.39 is 0 Å². The SMILES string of the molecule is Cc1cc(F)cc(C)c1C(=O)c1sc2cc(OCc3ccccc3)ccc2c1-c1ccc(O[C@H]2CCN(CCCF)C2)cc1. The molecule has 4 nitrogen and oxygen atoms in total. The number of alkyl halides is 1. The zero-order chi connectivity index (χ0) is 30.6. The molecule has 0 amide bonds. The van der Waals surface area contributed by atoms with Gasteiger partial charge in [0.25, 0.3) is 0 Å². The van der Waals surface area contributed by atoms with Crippen LogP contribution in [0, 0.1) is 19.7 Å². The Balaban J connectivity index is 1.32. The molecule has 1 aromatic heterocycles. The fourth-order valence-corrected chi connectivity index (χ4v) is 7.21. The van der Waals surface area contributed by atoms with Crippen molar-refractivity contribution in [2.24, 2.45) is 0 Å². The number of aryl methyl sites for hydroxylation is 2. The third-order valence-electron chi connectivity index (χ3n) is 8.12. The first-order valence-corrected chi connectivity index (χ1v) is 15.8. The highest BCUT2D eigenvalue weighted by molar-refractivity contribution is 7.21. The van der Waals surface area contributed by atoms with Crippen molar-refractivity contribution in [3.8, 4) is 22.6 Å². The number of rotatable bonds is 11. The molecule has 7 heteroatoms. The summed E-state index contributed by atoms with van der Waals surface area (Å²) >= 11 is 1.43. The number of fused-ring (bicyclic) bond motifs is 1. The third kappa shape index (κ3) is 6.54. The molecule has 0 radical (unpaired) electrons. The van der Waals surface area contributed by atoms with E-state index in [0.29, 0.717) is 34.6 Å². The van der Waals surface area contributed by atoms with Crippen LogP contribution in [0.15, 0.2) is 84.9 Å². The number of ether oxygens (including phenoxy) is 2. The van der Waals surface area contributed by atoms with Crippen molar-refractivity contribution in [3.63, 3.8) is 0 Å². The number of halogens is 2. The van der Waals surface area contributed by atoms with Crippen LogP contribution in [0.5, 0.6) is 11.5 Å². The number of carbonyl (C=O) groups is 1. The molecule has 1 aliphatic rings. The van der Waals surface area contributed by atoms with Gasteiger partial charge < -0.3 is 9.47 Å². The molecule has 0 unspecified atom stereocenters. The van der Waals surface area contributed by atoms with Gasteiger partial charge in [0, 0.05) is 40.8 Å². The average molecular weight is 612 g/mol. The van der Waals surface area contributed by atoms with Gasteiger partial charge in [-0.1, -0.05) is 42.5 Å². The fraction of sp³-hybridized carbons (Fsp3) is 0.270. The molecule has 226 valence electrons. The standard InChI is InChI=1S/C37H35F2NO3S/c1-24-19-28(39)20-25(2)34(24)36(41)37-35(27-9-11-29(12-10-27)43-31-15-18-40(22-31)17-6-16-38)32-14-13-30(21-33(32)44-37)42-23-26-7-4-3-5-8-26/h3-5,7-14,19-21,31H,6,15-18,22-23H2,1-2H3/t31-/m0/s1. The highest BCUT2D eigenvalue weighted by Gasteiger charge is 2.26. The third-order valence-corrected chi connectivity index (χ3v) is 9.27. The number of nitrogens with zero attached hydrogens (tertiary/aromatic N) is 1. The van der Waals surface area contributed by atoms with E-state index in [0.717, 1.165) is 64.3 Å². The van der Waals surface area contributed by atoms with E-state index in [-0.39, 0.29) is 24.4 Å². The van der Waals surface area contributed by atoms with Crippen LogP contribution in [-0.2, 0) is 6.61 Å². The monoisotopic (exact) mass is 611 g/mol. The molecule has 0 spiro atoms. The van der Waals surface area contributed by atoms with E-state index in [9.17, 15) is 13.6 Å². The maximum absolute atomic E-state index is 14.2. The topological polar surface area (TPSA) is 38.8 Å².